The molecule has 0 aliphatic carbocycles. The van der Waals surface area contributed by atoms with E-state index in [-0.39, 0.29) is 11.7 Å². The lowest BCUT2D eigenvalue weighted by molar-refractivity contribution is -0.141. The van der Waals surface area contributed by atoms with Gasteiger partial charge in [0, 0.05) is 19.5 Å². The van der Waals surface area contributed by atoms with Gasteiger partial charge in [-0.1, -0.05) is 0 Å². The number of carbonyl (C=O) groups excluding carboxylic acids is 1. The molecule has 0 spiro atoms. The van der Waals surface area contributed by atoms with Crippen LogP contribution in [0.4, 0.5) is 30.6 Å². The van der Waals surface area contributed by atoms with E-state index in [1.165, 1.54) is 6.07 Å². The highest BCUT2D eigenvalue weighted by Crippen LogP contribution is 2.34. The van der Waals surface area contributed by atoms with Gasteiger partial charge in [-0.3, -0.25) is 4.79 Å². The molecule has 0 bridgehead atoms. The number of fused-ring (bicyclic) bond motifs is 1. The fraction of sp³-hybridized carbons (Fsp3) is 0.455. The van der Waals surface area contributed by atoms with Gasteiger partial charge in [0.25, 0.3) is 0 Å². The number of aromatic nitrogens is 3. The summed E-state index contributed by atoms with van der Waals surface area (Å²) in [6.45, 7) is 7.77. The van der Waals surface area contributed by atoms with Crippen LogP contribution in [-0.2, 0) is 11.0 Å². The average Bonchev–Trinajstić information content (AvgIpc) is 2.77. The van der Waals surface area contributed by atoms with Crippen molar-refractivity contribution in [3.63, 3.8) is 0 Å². The van der Waals surface area contributed by atoms with Crippen LogP contribution in [-0.4, -0.2) is 51.2 Å². The Hall–Kier alpha value is -3.41. The van der Waals surface area contributed by atoms with Crippen molar-refractivity contribution >= 4 is 23.4 Å². The molecule has 3 N–H and O–H groups in total. The van der Waals surface area contributed by atoms with Gasteiger partial charge in [0.15, 0.2) is 5.82 Å². The van der Waals surface area contributed by atoms with E-state index in [9.17, 15) is 23.1 Å². The Morgan fingerprint density at radius 3 is 2.68 bits per heavy atom. The number of pyridine rings is 1. The standard InChI is InChI=1S/C22H27F3N6O3/c1-5-14(34-15-7-8-16(27-11-15)22(23,24)25)9-10-26-21-28-12(3)17-19(30-21)31(6-2)18(13(4)32)20(33)29-17/h5,7-8,11,13,18,32H,6,9-10H2,1-4H3,(H,29,33)(H,26,28,30)/b14-5+/t13-,18-/m0/s1. The third-order valence-electron chi connectivity index (χ3n) is 5.25. The van der Waals surface area contributed by atoms with E-state index < -0.39 is 24.0 Å². The smallest absolute Gasteiger partial charge is 0.433 e. The Kier molecular flexibility index (Phi) is 7.60. The Morgan fingerprint density at radius 1 is 1.38 bits per heavy atom. The summed E-state index contributed by atoms with van der Waals surface area (Å²) in [7, 11) is 0. The van der Waals surface area contributed by atoms with E-state index in [1.807, 2.05) is 6.92 Å². The topological polar surface area (TPSA) is 112 Å². The molecule has 12 heteroatoms. The first kappa shape index (κ1) is 25.2. The maximum Gasteiger partial charge on any atom is 0.433 e. The van der Waals surface area contributed by atoms with E-state index >= 15 is 0 Å². The molecule has 3 rings (SSSR count). The molecular formula is C22H27F3N6O3. The first-order valence-corrected chi connectivity index (χ1v) is 10.8. The number of aliphatic hydroxyl groups excluding tert-OH is 1. The van der Waals surface area contributed by atoms with Gasteiger partial charge in [0.2, 0.25) is 11.9 Å². The lowest BCUT2D eigenvalue weighted by Gasteiger charge is -2.38. The highest BCUT2D eigenvalue weighted by atomic mass is 19.4. The van der Waals surface area contributed by atoms with Crippen molar-refractivity contribution in [3.05, 3.63) is 41.6 Å². The number of amides is 1. The molecule has 2 aromatic heterocycles. The molecule has 1 amide bonds. The molecule has 0 unspecified atom stereocenters. The van der Waals surface area contributed by atoms with E-state index in [0.29, 0.717) is 48.4 Å². The summed E-state index contributed by atoms with van der Waals surface area (Å²) in [6, 6.07) is 1.32. The predicted octanol–water partition coefficient (Wildman–Crippen LogP) is 3.51. The van der Waals surface area contributed by atoms with Crippen LogP contribution in [0, 0.1) is 6.92 Å². The Bertz CT molecular complexity index is 1060. The molecule has 3 heterocycles. The van der Waals surface area contributed by atoms with Crippen molar-refractivity contribution in [2.24, 2.45) is 0 Å². The summed E-state index contributed by atoms with van der Waals surface area (Å²) < 4.78 is 43.6. The van der Waals surface area contributed by atoms with Crippen molar-refractivity contribution in [2.75, 3.05) is 28.6 Å². The monoisotopic (exact) mass is 480 g/mol. The first-order chi connectivity index (χ1) is 16.0. The van der Waals surface area contributed by atoms with Crippen LogP contribution < -0.4 is 20.3 Å². The maximum absolute atomic E-state index is 12.7. The van der Waals surface area contributed by atoms with E-state index in [0.717, 1.165) is 12.3 Å². The second-order valence-electron chi connectivity index (χ2n) is 7.70. The number of nitrogens with one attached hydrogen (secondary N) is 2. The fourth-order valence-corrected chi connectivity index (χ4v) is 3.60. The molecule has 184 valence electrons. The van der Waals surface area contributed by atoms with Gasteiger partial charge in [0.1, 0.15) is 28.9 Å². The summed E-state index contributed by atoms with van der Waals surface area (Å²) >= 11 is 0. The number of aliphatic hydroxyl groups is 1. The van der Waals surface area contributed by atoms with Gasteiger partial charge < -0.3 is 25.4 Å². The number of hydrogen-bond donors (Lipinski definition) is 3. The highest BCUT2D eigenvalue weighted by Gasteiger charge is 2.37. The van der Waals surface area contributed by atoms with Crippen molar-refractivity contribution in [2.45, 2.75) is 52.4 Å². The second-order valence-corrected chi connectivity index (χ2v) is 7.70. The summed E-state index contributed by atoms with van der Waals surface area (Å²) in [5.74, 6) is 1.26. The number of halogens is 3. The van der Waals surface area contributed by atoms with Crippen molar-refractivity contribution in [3.8, 4) is 5.75 Å². The van der Waals surface area contributed by atoms with Crippen molar-refractivity contribution in [1.29, 1.82) is 0 Å². The van der Waals surface area contributed by atoms with Crippen LogP contribution >= 0.6 is 0 Å². The largest absolute Gasteiger partial charge is 0.460 e. The first-order valence-electron chi connectivity index (χ1n) is 10.8. The van der Waals surface area contributed by atoms with Crippen LogP contribution in [0.1, 0.15) is 38.6 Å². The SMILES string of the molecule is C/C=C(\CCNc1nc(C)c2c(n1)N(CC)[C@@H]([C@H](C)O)C(=O)N2)Oc1ccc(C(F)(F)F)nc1. The number of likely N-dealkylation sites (N-methyl/N-ethyl adjacent to an activating group) is 1. The van der Waals surface area contributed by atoms with Crippen LogP contribution in [0.15, 0.2) is 30.2 Å². The number of nitrogens with zero attached hydrogens (tertiary/aromatic N) is 4. The van der Waals surface area contributed by atoms with Gasteiger partial charge in [-0.05, 0) is 45.9 Å². The molecule has 0 fully saturated rings. The zero-order valence-electron chi connectivity index (χ0n) is 19.3. The number of allylic oxidation sites excluding steroid dienone is 1. The summed E-state index contributed by atoms with van der Waals surface area (Å²) in [5, 5.41) is 16.0. The normalized spacial score (nSPS) is 17.2. The molecule has 2 atom stereocenters. The van der Waals surface area contributed by atoms with Crippen LogP contribution in [0.5, 0.6) is 5.75 Å². The van der Waals surface area contributed by atoms with Gasteiger partial charge >= 0.3 is 6.18 Å². The zero-order chi connectivity index (χ0) is 25.0. The van der Waals surface area contributed by atoms with Gasteiger partial charge in [0.05, 0.1) is 18.0 Å². The Morgan fingerprint density at radius 2 is 2.12 bits per heavy atom. The molecule has 0 saturated carbocycles. The maximum atomic E-state index is 12.7. The van der Waals surface area contributed by atoms with Crippen molar-refractivity contribution < 1.29 is 27.8 Å². The minimum absolute atomic E-state index is 0.195. The average molecular weight is 480 g/mol. The number of anilines is 3. The van der Waals surface area contributed by atoms with E-state index in [1.54, 1.807) is 31.7 Å². The molecule has 0 radical (unpaired) electrons. The van der Waals surface area contributed by atoms with Gasteiger partial charge in [-0.2, -0.15) is 18.2 Å². The lowest BCUT2D eigenvalue weighted by atomic mass is 10.1. The fourth-order valence-electron chi connectivity index (χ4n) is 3.60. The minimum atomic E-state index is -4.51. The van der Waals surface area contributed by atoms with Crippen LogP contribution in [0.2, 0.25) is 0 Å². The number of rotatable bonds is 8. The molecule has 2 aromatic rings. The Labute approximate surface area is 195 Å². The van der Waals surface area contributed by atoms with Crippen LogP contribution in [0.25, 0.3) is 0 Å². The van der Waals surface area contributed by atoms with Crippen LogP contribution in [0.3, 0.4) is 0 Å². The number of carbonyl (C=O) groups is 1. The predicted molar refractivity (Wildman–Crippen MR) is 121 cm³/mol. The second kappa shape index (κ2) is 10.2. The molecule has 9 nitrogen and oxygen atoms in total. The Balaban J connectivity index is 1.67. The number of ether oxygens (including phenoxy) is 1. The van der Waals surface area contributed by atoms with Gasteiger partial charge in [-0.25, -0.2) is 9.97 Å². The summed E-state index contributed by atoms with van der Waals surface area (Å²) in [6.07, 6.45) is -2.26. The molecule has 0 aromatic carbocycles. The quantitative estimate of drug-likeness (QED) is 0.492. The number of hydrogen-bond acceptors (Lipinski definition) is 8. The molecule has 0 saturated heterocycles. The minimum Gasteiger partial charge on any atom is -0.460 e. The number of aryl methyl sites for hydroxylation is 1. The molecule has 34 heavy (non-hydrogen) atoms. The van der Waals surface area contributed by atoms with Gasteiger partial charge in [-0.15, -0.1) is 0 Å². The lowest BCUT2D eigenvalue weighted by Crippen LogP contribution is -2.54. The summed E-state index contributed by atoms with van der Waals surface area (Å²) in [4.78, 5) is 26.5. The molecule has 1 aliphatic heterocycles. The van der Waals surface area contributed by atoms with E-state index in [2.05, 4.69) is 25.6 Å². The third kappa shape index (κ3) is 5.56. The highest BCUT2D eigenvalue weighted by molar-refractivity contribution is 6.03. The summed E-state index contributed by atoms with van der Waals surface area (Å²) in [5.41, 5.74) is 0.0851. The van der Waals surface area contributed by atoms with Crippen molar-refractivity contribution in [1.82, 2.24) is 15.0 Å². The molecule has 1 aliphatic rings. The van der Waals surface area contributed by atoms with E-state index in [4.69, 9.17) is 4.74 Å². The number of alkyl halides is 3. The zero-order valence-corrected chi connectivity index (χ0v) is 19.3. The third-order valence-corrected chi connectivity index (χ3v) is 5.25. The molecular weight excluding hydrogens is 453 g/mol.